The standard InChI is InChI=1S/C13H12ClFN2/c1-9(10-4-6-16-7-5-10)17-13-8-11(15)2-3-12(13)14/h2-9,17H,1H3. The monoisotopic (exact) mass is 250 g/mol. The number of nitrogens with one attached hydrogen (secondary N) is 1. The van der Waals surface area contributed by atoms with Crippen molar-refractivity contribution in [3.63, 3.8) is 0 Å². The Kier molecular flexibility index (Phi) is 3.59. The predicted octanol–water partition coefficient (Wildman–Crippen LogP) is 4.05. The number of aromatic nitrogens is 1. The summed E-state index contributed by atoms with van der Waals surface area (Å²) < 4.78 is 13.1. The van der Waals surface area contributed by atoms with E-state index in [1.807, 2.05) is 19.1 Å². The van der Waals surface area contributed by atoms with E-state index in [1.165, 1.54) is 12.1 Å². The van der Waals surface area contributed by atoms with Gasteiger partial charge in [0.25, 0.3) is 0 Å². The number of halogens is 2. The maximum absolute atomic E-state index is 13.1. The van der Waals surface area contributed by atoms with E-state index in [0.717, 1.165) is 5.56 Å². The van der Waals surface area contributed by atoms with Crippen LogP contribution in [-0.4, -0.2) is 4.98 Å². The molecule has 0 radical (unpaired) electrons. The predicted molar refractivity (Wildman–Crippen MR) is 67.7 cm³/mol. The Balaban J connectivity index is 2.18. The van der Waals surface area contributed by atoms with Gasteiger partial charge in [-0.2, -0.15) is 0 Å². The Morgan fingerprint density at radius 3 is 2.65 bits per heavy atom. The number of rotatable bonds is 3. The lowest BCUT2D eigenvalue weighted by Crippen LogP contribution is -2.07. The summed E-state index contributed by atoms with van der Waals surface area (Å²) in [5.74, 6) is -0.307. The highest BCUT2D eigenvalue weighted by molar-refractivity contribution is 6.33. The van der Waals surface area contributed by atoms with Crippen molar-refractivity contribution in [2.45, 2.75) is 13.0 Å². The van der Waals surface area contributed by atoms with Crippen molar-refractivity contribution in [1.29, 1.82) is 0 Å². The summed E-state index contributed by atoms with van der Waals surface area (Å²) in [5, 5.41) is 3.67. The second kappa shape index (κ2) is 5.15. The molecule has 1 N–H and O–H groups in total. The van der Waals surface area contributed by atoms with Crippen molar-refractivity contribution in [3.05, 3.63) is 59.1 Å². The summed E-state index contributed by atoms with van der Waals surface area (Å²) in [6.07, 6.45) is 3.45. The van der Waals surface area contributed by atoms with Crippen LogP contribution in [0.15, 0.2) is 42.7 Å². The van der Waals surface area contributed by atoms with Crippen LogP contribution in [0.2, 0.25) is 5.02 Å². The van der Waals surface area contributed by atoms with Crippen molar-refractivity contribution in [3.8, 4) is 0 Å². The van der Waals surface area contributed by atoms with Gasteiger partial charge in [-0.15, -0.1) is 0 Å². The van der Waals surface area contributed by atoms with Gasteiger partial charge in [0, 0.05) is 18.4 Å². The number of pyridine rings is 1. The fourth-order valence-electron chi connectivity index (χ4n) is 1.58. The molecule has 1 atom stereocenters. The molecule has 1 aromatic carbocycles. The molecule has 0 aliphatic carbocycles. The second-order valence-corrected chi connectivity index (χ2v) is 4.18. The average Bonchev–Trinajstić information content (AvgIpc) is 2.35. The molecule has 0 spiro atoms. The lowest BCUT2D eigenvalue weighted by atomic mass is 10.1. The summed E-state index contributed by atoms with van der Waals surface area (Å²) in [7, 11) is 0. The van der Waals surface area contributed by atoms with Gasteiger partial charge in [0.2, 0.25) is 0 Å². The molecule has 88 valence electrons. The van der Waals surface area contributed by atoms with Crippen molar-refractivity contribution in [2.75, 3.05) is 5.32 Å². The Morgan fingerprint density at radius 2 is 1.94 bits per heavy atom. The van der Waals surface area contributed by atoms with E-state index in [4.69, 9.17) is 11.6 Å². The van der Waals surface area contributed by atoms with E-state index in [9.17, 15) is 4.39 Å². The molecule has 4 heteroatoms. The van der Waals surface area contributed by atoms with Crippen LogP contribution in [0.3, 0.4) is 0 Å². The number of hydrogen-bond donors (Lipinski definition) is 1. The Morgan fingerprint density at radius 1 is 1.24 bits per heavy atom. The molecule has 0 bridgehead atoms. The molecule has 2 rings (SSSR count). The molecule has 0 aliphatic rings. The molecule has 1 heterocycles. The topological polar surface area (TPSA) is 24.9 Å². The molecule has 1 unspecified atom stereocenters. The van der Waals surface area contributed by atoms with Crippen molar-refractivity contribution < 1.29 is 4.39 Å². The van der Waals surface area contributed by atoms with E-state index < -0.39 is 0 Å². The molecule has 0 amide bonds. The minimum atomic E-state index is -0.307. The van der Waals surface area contributed by atoms with E-state index in [1.54, 1.807) is 18.5 Å². The van der Waals surface area contributed by atoms with E-state index in [-0.39, 0.29) is 11.9 Å². The quantitative estimate of drug-likeness (QED) is 0.889. The summed E-state index contributed by atoms with van der Waals surface area (Å²) in [6.45, 7) is 1.98. The lowest BCUT2D eigenvalue weighted by molar-refractivity contribution is 0.628. The highest BCUT2D eigenvalue weighted by Gasteiger charge is 2.08. The molecule has 0 saturated carbocycles. The smallest absolute Gasteiger partial charge is 0.125 e. The zero-order valence-electron chi connectivity index (χ0n) is 9.32. The first-order chi connectivity index (χ1) is 8.16. The van der Waals surface area contributed by atoms with Crippen LogP contribution in [0.4, 0.5) is 10.1 Å². The normalized spacial score (nSPS) is 12.2. The first-order valence-corrected chi connectivity index (χ1v) is 5.66. The second-order valence-electron chi connectivity index (χ2n) is 3.77. The maximum Gasteiger partial charge on any atom is 0.125 e. The molecular formula is C13H12ClFN2. The maximum atomic E-state index is 13.1. The minimum absolute atomic E-state index is 0.0392. The zero-order chi connectivity index (χ0) is 12.3. The Hall–Kier alpha value is -1.61. The third-order valence-corrected chi connectivity index (χ3v) is 2.84. The summed E-state index contributed by atoms with van der Waals surface area (Å²) in [4.78, 5) is 3.95. The molecule has 2 aromatic rings. The van der Waals surface area contributed by atoms with Gasteiger partial charge in [-0.1, -0.05) is 11.6 Å². The van der Waals surface area contributed by atoms with Crippen molar-refractivity contribution >= 4 is 17.3 Å². The fourth-order valence-corrected chi connectivity index (χ4v) is 1.75. The van der Waals surface area contributed by atoms with Crippen LogP contribution in [0.1, 0.15) is 18.5 Å². The molecule has 0 aliphatic heterocycles. The van der Waals surface area contributed by atoms with Crippen molar-refractivity contribution in [2.24, 2.45) is 0 Å². The number of benzene rings is 1. The first kappa shape index (κ1) is 11.9. The minimum Gasteiger partial charge on any atom is -0.377 e. The van der Waals surface area contributed by atoms with Crippen LogP contribution in [0, 0.1) is 5.82 Å². The lowest BCUT2D eigenvalue weighted by Gasteiger charge is -2.16. The Labute approximate surface area is 104 Å². The third kappa shape index (κ3) is 2.94. The van der Waals surface area contributed by atoms with Gasteiger partial charge in [-0.05, 0) is 42.8 Å². The van der Waals surface area contributed by atoms with Crippen LogP contribution in [0.25, 0.3) is 0 Å². The number of nitrogens with zero attached hydrogens (tertiary/aromatic N) is 1. The van der Waals surface area contributed by atoms with E-state index >= 15 is 0 Å². The molecule has 17 heavy (non-hydrogen) atoms. The van der Waals surface area contributed by atoms with Gasteiger partial charge in [-0.25, -0.2) is 4.39 Å². The summed E-state index contributed by atoms with van der Waals surface area (Å²) >= 11 is 5.99. The van der Waals surface area contributed by atoms with Gasteiger partial charge in [0.15, 0.2) is 0 Å². The largest absolute Gasteiger partial charge is 0.377 e. The van der Waals surface area contributed by atoms with E-state index in [0.29, 0.717) is 10.7 Å². The van der Waals surface area contributed by atoms with E-state index in [2.05, 4.69) is 10.3 Å². The molecule has 1 aromatic heterocycles. The highest BCUT2D eigenvalue weighted by atomic mass is 35.5. The van der Waals surface area contributed by atoms with Crippen LogP contribution >= 0.6 is 11.6 Å². The highest BCUT2D eigenvalue weighted by Crippen LogP contribution is 2.26. The number of hydrogen-bond acceptors (Lipinski definition) is 2. The molecular weight excluding hydrogens is 239 g/mol. The summed E-state index contributed by atoms with van der Waals surface area (Å²) in [6, 6.07) is 8.12. The van der Waals surface area contributed by atoms with Crippen LogP contribution in [-0.2, 0) is 0 Å². The van der Waals surface area contributed by atoms with Gasteiger partial charge >= 0.3 is 0 Å². The first-order valence-electron chi connectivity index (χ1n) is 5.28. The Bertz CT molecular complexity index is 502. The van der Waals surface area contributed by atoms with Crippen LogP contribution in [0.5, 0.6) is 0 Å². The summed E-state index contributed by atoms with van der Waals surface area (Å²) in [5.41, 5.74) is 1.66. The average molecular weight is 251 g/mol. The zero-order valence-corrected chi connectivity index (χ0v) is 10.1. The molecule has 2 nitrogen and oxygen atoms in total. The van der Waals surface area contributed by atoms with Crippen molar-refractivity contribution in [1.82, 2.24) is 4.98 Å². The molecule has 0 saturated heterocycles. The van der Waals surface area contributed by atoms with Gasteiger partial charge < -0.3 is 5.32 Å². The SMILES string of the molecule is CC(Nc1cc(F)ccc1Cl)c1ccncc1. The number of anilines is 1. The fraction of sp³-hybridized carbons (Fsp3) is 0.154. The van der Waals surface area contributed by atoms with Gasteiger partial charge in [0.05, 0.1) is 10.7 Å². The molecule has 0 fully saturated rings. The van der Waals surface area contributed by atoms with Gasteiger partial charge in [0.1, 0.15) is 5.82 Å². The van der Waals surface area contributed by atoms with Crippen LogP contribution < -0.4 is 5.32 Å². The third-order valence-electron chi connectivity index (χ3n) is 2.51. The van der Waals surface area contributed by atoms with Gasteiger partial charge in [-0.3, -0.25) is 4.98 Å².